The number of ether oxygens (including phenoxy) is 2. The number of hydrogen-bond donors (Lipinski definition) is 1. The first-order chi connectivity index (χ1) is 11.9. The van der Waals surface area contributed by atoms with Crippen LogP contribution in [0.4, 0.5) is 0 Å². The van der Waals surface area contributed by atoms with Gasteiger partial charge in [-0.1, -0.05) is 31.4 Å². The maximum absolute atomic E-state index is 12.0. The van der Waals surface area contributed by atoms with Crippen molar-refractivity contribution in [1.29, 1.82) is 5.26 Å². The Kier molecular flexibility index (Phi) is 6.40. The molecule has 6 nitrogen and oxygen atoms in total. The van der Waals surface area contributed by atoms with Crippen LogP contribution in [0.15, 0.2) is 24.3 Å². The molecule has 0 saturated heterocycles. The van der Waals surface area contributed by atoms with Crippen molar-refractivity contribution in [1.82, 2.24) is 5.32 Å². The molecule has 0 aromatic heterocycles. The third-order valence-corrected chi connectivity index (χ3v) is 4.28. The number of carbonyl (C=O) groups is 2. The molecule has 2 rings (SSSR count). The molecule has 0 bridgehead atoms. The smallest absolute Gasteiger partial charge is 0.347 e. The first kappa shape index (κ1) is 18.8. The van der Waals surface area contributed by atoms with Crippen molar-refractivity contribution in [2.75, 3.05) is 6.61 Å². The fraction of sp³-hybridized carbons (Fsp3) is 0.526. The van der Waals surface area contributed by atoms with Gasteiger partial charge in [0.1, 0.15) is 11.3 Å². The molecule has 0 unspecified atom stereocenters. The van der Waals surface area contributed by atoms with Gasteiger partial charge in [0.25, 0.3) is 5.91 Å². The Balaban J connectivity index is 1.80. The van der Waals surface area contributed by atoms with E-state index in [0.29, 0.717) is 18.6 Å². The van der Waals surface area contributed by atoms with Crippen molar-refractivity contribution in [2.45, 2.75) is 57.6 Å². The highest BCUT2D eigenvalue weighted by Gasteiger charge is 2.33. The number of esters is 1. The number of carbonyl (C=O) groups excluding carboxylic acids is 2. The van der Waals surface area contributed by atoms with E-state index in [2.05, 4.69) is 11.4 Å². The summed E-state index contributed by atoms with van der Waals surface area (Å²) >= 11 is 0. The Bertz CT molecular complexity index is 660. The van der Waals surface area contributed by atoms with Gasteiger partial charge in [-0.2, -0.15) is 5.26 Å². The summed E-state index contributed by atoms with van der Waals surface area (Å²) in [5.74, 6) is -0.509. The maximum atomic E-state index is 12.0. The average Bonchev–Trinajstić information content (AvgIpc) is 2.60. The van der Waals surface area contributed by atoms with Gasteiger partial charge in [0.05, 0.1) is 6.07 Å². The van der Waals surface area contributed by atoms with Crippen LogP contribution < -0.4 is 10.1 Å². The number of aryl methyl sites for hydroxylation is 1. The van der Waals surface area contributed by atoms with E-state index < -0.39 is 30.1 Å². The lowest BCUT2D eigenvalue weighted by molar-refractivity contribution is -0.155. The van der Waals surface area contributed by atoms with E-state index in [9.17, 15) is 14.9 Å². The fourth-order valence-electron chi connectivity index (χ4n) is 2.92. The van der Waals surface area contributed by atoms with Crippen LogP contribution in [-0.2, 0) is 14.3 Å². The molecule has 1 aliphatic carbocycles. The van der Waals surface area contributed by atoms with Gasteiger partial charge < -0.3 is 14.8 Å². The number of benzene rings is 1. The van der Waals surface area contributed by atoms with Crippen LogP contribution in [0.25, 0.3) is 0 Å². The molecule has 1 atom stereocenters. The van der Waals surface area contributed by atoms with Gasteiger partial charge in [-0.15, -0.1) is 0 Å². The molecule has 1 aliphatic rings. The first-order valence-corrected chi connectivity index (χ1v) is 8.56. The zero-order chi connectivity index (χ0) is 18.3. The van der Waals surface area contributed by atoms with Gasteiger partial charge in [0.15, 0.2) is 12.7 Å². The number of nitrogens with one attached hydrogen (secondary N) is 1. The minimum atomic E-state index is -0.828. The van der Waals surface area contributed by atoms with Gasteiger partial charge in [0.2, 0.25) is 0 Å². The van der Waals surface area contributed by atoms with E-state index >= 15 is 0 Å². The van der Waals surface area contributed by atoms with Crippen LogP contribution in [0.5, 0.6) is 5.75 Å². The summed E-state index contributed by atoms with van der Waals surface area (Å²) in [7, 11) is 0. The summed E-state index contributed by atoms with van der Waals surface area (Å²) in [6.07, 6.45) is 3.34. The van der Waals surface area contributed by atoms with Gasteiger partial charge in [-0.05, 0) is 44.4 Å². The monoisotopic (exact) mass is 344 g/mol. The minimum Gasteiger partial charge on any atom is -0.479 e. The van der Waals surface area contributed by atoms with E-state index in [-0.39, 0.29) is 0 Å². The second kappa shape index (κ2) is 8.52. The molecule has 25 heavy (non-hydrogen) atoms. The highest BCUT2D eigenvalue weighted by atomic mass is 16.6. The number of amides is 1. The number of nitrogens with zero attached hydrogens (tertiary/aromatic N) is 1. The Morgan fingerprint density at radius 2 is 2.04 bits per heavy atom. The van der Waals surface area contributed by atoms with Gasteiger partial charge in [0, 0.05) is 0 Å². The molecule has 0 heterocycles. The summed E-state index contributed by atoms with van der Waals surface area (Å²) in [4.78, 5) is 24.0. The van der Waals surface area contributed by atoms with Crippen molar-refractivity contribution in [3.8, 4) is 11.8 Å². The van der Waals surface area contributed by atoms with E-state index in [4.69, 9.17) is 9.47 Å². The predicted octanol–water partition coefficient (Wildman–Crippen LogP) is 2.65. The van der Waals surface area contributed by atoms with Crippen LogP contribution in [0.3, 0.4) is 0 Å². The Hall–Kier alpha value is -2.55. The van der Waals surface area contributed by atoms with Crippen molar-refractivity contribution in [2.24, 2.45) is 0 Å². The van der Waals surface area contributed by atoms with Crippen LogP contribution in [-0.4, -0.2) is 30.1 Å². The molecular weight excluding hydrogens is 320 g/mol. The molecule has 1 aromatic carbocycles. The first-order valence-electron chi connectivity index (χ1n) is 8.56. The lowest BCUT2D eigenvalue weighted by atomic mass is 9.83. The molecule has 1 saturated carbocycles. The zero-order valence-electron chi connectivity index (χ0n) is 14.7. The summed E-state index contributed by atoms with van der Waals surface area (Å²) in [5, 5.41) is 12.1. The standard InChI is InChI=1S/C19H24N2O4/c1-14-7-6-8-16(11-14)25-15(2)18(23)24-12-17(22)21-19(13-20)9-4-3-5-10-19/h6-8,11,15H,3-5,9-10,12H2,1-2H3,(H,21,22)/t15-/m1/s1. The fourth-order valence-corrected chi connectivity index (χ4v) is 2.92. The third kappa shape index (κ3) is 5.49. The highest BCUT2D eigenvalue weighted by Crippen LogP contribution is 2.27. The lowest BCUT2D eigenvalue weighted by Gasteiger charge is -2.31. The number of nitriles is 1. The molecule has 0 aliphatic heterocycles. The number of rotatable bonds is 6. The summed E-state index contributed by atoms with van der Waals surface area (Å²) in [6, 6.07) is 9.53. The van der Waals surface area contributed by atoms with Crippen molar-refractivity contribution in [3.63, 3.8) is 0 Å². The van der Waals surface area contributed by atoms with Crippen LogP contribution in [0.1, 0.15) is 44.6 Å². The SMILES string of the molecule is Cc1cccc(O[C@H](C)C(=O)OCC(=O)NC2(C#N)CCCCC2)c1. The predicted molar refractivity (Wildman–Crippen MR) is 91.8 cm³/mol. The van der Waals surface area contributed by atoms with E-state index in [0.717, 1.165) is 24.8 Å². The molecule has 1 amide bonds. The average molecular weight is 344 g/mol. The van der Waals surface area contributed by atoms with E-state index in [1.165, 1.54) is 0 Å². The molecular formula is C19H24N2O4. The molecule has 1 N–H and O–H groups in total. The number of hydrogen-bond acceptors (Lipinski definition) is 5. The summed E-state index contributed by atoms with van der Waals surface area (Å²) in [5.41, 5.74) is 0.192. The topological polar surface area (TPSA) is 88.4 Å². The Morgan fingerprint density at radius 1 is 1.32 bits per heavy atom. The molecule has 0 radical (unpaired) electrons. The Morgan fingerprint density at radius 3 is 2.68 bits per heavy atom. The van der Waals surface area contributed by atoms with Crippen molar-refractivity contribution >= 4 is 11.9 Å². The van der Waals surface area contributed by atoms with Crippen molar-refractivity contribution < 1.29 is 19.1 Å². The third-order valence-electron chi connectivity index (χ3n) is 4.28. The largest absolute Gasteiger partial charge is 0.479 e. The highest BCUT2D eigenvalue weighted by molar-refractivity contribution is 5.82. The van der Waals surface area contributed by atoms with Crippen molar-refractivity contribution in [3.05, 3.63) is 29.8 Å². The molecule has 0 spiro atoms. The van der Waals surface area contributed by atoms with Crippen LogP contribution in [0, 0.1) is 18.3 Å². The van der Waals surface area contributed by atoms with Crippen LogP contribution >= 0.6 is 0 Å². The van der Waals surface area contributed by atoms with Crippen LogP contribution in [0.2, 0.25) is 0 Å². The Labute approximate surface area is 148 Å². The van der Waals surface area contributed by atoms with E-state index in [1.807, 2.05) is 25.1 Å². The second-order valence-corrected chi connectivity index (χ2v) is 6.49. The van der Waals surface area contributed by atoms with Gasteiger partial charge >= 0.3 is 5.97 Å². The lowest BCUT2D eigenvalue weighted by Crippen LogP contribution is -2.50. The molecule has 6 heteroatoms. The quantitative estimate of drug-likeness (QED) is 0.802. The molecule has 134 valence electrons. The molecule has 1 fully saturated rings. The summed E-state index contributed by atoms with van der Waals surface area (Å²) < 4.78 is 10.5. The van der Waals surface area contributed by atoms with Gasteiger partial charge in [-0.25, -0.2) is 4.79 Å². The normalized spacial score (nSPS) is 17.0. The minimum absolute atomic E-state index is 0.413. The van der Waals surface area contributed by atoms with Gasteiger partial charge in [-0.3, -0.25) is 4.79 Å². The molecule has 1 aromatic rings. The summed E-state index contributed by atoms with van der Waals surface area (Å²) in [6.45, 7) is 3.08. The zero-order valence-corrected chi connectivity index (χ0v) is 14.7. The second-order valence-electron chi connectivity index (χ2n) is 6.49. The maximum Gasteiger partial charge on any atom is 0.347 e. The van der Waals surface area contributed by atoms with E-state index in [1.54, 1.807) is 13.0 Å².